The van der Waals surface area contributed by atoms with Gasteiger partial charge >= 0.3 is 0 Å². The van der Waals surface area contributed by atoms with Gasteiger partial charge in [0.2, 0.25) is 29.5 Å². The summed E-state index contributed by atoms with van der Waals surface area (Å²) in [6, 6.07) is 8.70. The van der Waals surface area contributed by atoms with Gasteiger partial charge in [0.05, 0.1) is 5.41 Å². The van der Waals surface area contributed by atoms with Crippen molar-refractivity contribution < 1.29 is 33.6 Å². The highest BCUT2D eigenvalue weighted by Gasteiger charge is 2.49. The minimum Gasteiger partial charge on any atom is -0.369 e. The van der Waals surface area contributed by atoms with E-state index in [2.05, 4.69) is 17.6 Å². The molecule has 48 heavy (non-hydrogen) atoms. The molecule has 7 amide bonds. The lowest BCUT2D eigenvalue weighted by atomic mass is 9.67. The van der Waals surface area contributed by atoms with Crippen molar-refractivity contribution in [1.29, 1.82) is 0 Å². The van der Waals surface area contributed by atoms with Gasteiger partial charge in [-0.1, -0.05) is 69.7 Å². The molecule has 2 aromatic rings. The number of nitrogens with zero attached hydrogens (tertiary/aromatic N) is 2. The Kier molecular flexibility index (Phi) is 9.18. The van der Waals surface area contributed by atoms with E-state index in [0.717, 1.165) is 32.1 Å². The molecule has 2 unspecified atom stereocenters. The van der Waals surface area contributed by atoms with Crippen LogP contribution in [0.5, 0.6) is 0 Å². The fourth-order valence-electron chi connectivity index (χ4n) is 7.94. The van der Waals surface area contributed by atoms with E-state index in [0.29, 0.717) is 46.2 Å². The molecule has 4 aliphatic rings. The summed E-state index contributed by atoms with van der Waals surface area (Å²) < 4.78 is 0. The quantitative estimate of drug-likeness (QED) is 0.233. The first-order chi connectivity index (χ1) is 23.1. The summed E-state index contributed by atoms with van der Waals surface area (Å²) >= 11 is 0. The number of carbonyl (C=O) groups excluding carboxylic acids is 7. The predicted molar refractivity (Wildman–Crippen MR) is 173 cm³/mol. The first kappa shape index (κ1) is 33.0. The van der Waals surface area contributed by atoms with Gasteiger partial charge in [0.1, 0.15) is 12.1 Å². The maximum Gasteiger partial charge on any atom is 0.255 e. The Morgan fingerprint density at radius 1 is 0.729 bits per heavy atom. The largest absolute Gasteiger partial charge is 0.369 e. The van der Waals surface area contributed by atoms with Crippen molar-refractivity contribution in [3.63, 3.8) is 0 Å². The normalized spacial score (nSPS) is 21.9. The molecule has 12 nitrogen and oxygen atoms in total. The molecule has 12 heteroatoms. The number of unbranched alkanes of at least 4 members (excludes halogenated alkanes) is 5. The van der Waals surface area contributed by atoms with Gasteiger partial charge in [-0.3, -0.25) is 44.2 Å². The molecule has 6 rings (SSSR count). The van der Waals surface area contributed by atoms with Crippen molar-refractivity contribution in [2.24, 2.45) is 5.73 Å². The second-order valence-electron chi connectivity index (χ2n) is 13.3. The Bertz CT molecular complexity index is 1610. The number of primary amides is 1. The second-order valence-corrected chi connectivity index (χ2v) is 13.3. The monoisotopic (exact) mass is 655 g/mol. The number of nitrogens with two attached hydrogens (primary N) is 1. The van der Waals surface area contributed by atoms with Crippen LogP contribution in [0.1, 0.15) is 121 Å². The van der Waals surface area contributed by atoms with E-state index in [1.54, 1.807) is 36.4 Å². The lowest BCUT2D eigenvalue weighted by Gasteiger charge is -2.36. The summed E-state index contributed by atoms with van der Waals surface area (Å²) in [6.45, 7) is 2.25. The summed E-state index contributed by atoms with van der Waals surface area (Å²) in [5.41, 5.74) is 7.99. The first-order valence-corrected chi connectivity index (χ1v) is 16.9. The lowest BCUT2D eigenvalue weighted by molar-refractivity contribution is -0.138. The Balaban J connectivity index is 1.43. The molecule has 2 aromatic carbocycles. The molecule has 2 fully saturated rings. The molecule has 4 N–H and O–H groups in total. The van der Waals surface area contributed by atoms with Crippen molar-refractivity contribution in [2.75, 3.05) is 0 Å². The van der Waals surface area contributed by atoms with Crippen LogP contribution in [0.2, 0.25) is 0 Å². The van der Waals surface area contributed by atoms with E-state index in [1.165, 1.54) is 9.80 Å². The fourth-order valence-corrected chi connectivity index (χ4v) is 7.94. The van der Waals surface area contributed by atoms with Gasteiger partial charge in [-0.25, -0.2) is 0 Å². The summed E-state index contributed by atoms with van der Waals surface area (Å²) in [5, 5.41) is 4.66. The Labute approximate surface area is 278 Å². The number of hydrogen-bond acceptors (Lipinski definition) is 7. The van der Waals surface area contributed by atoms with Gasteiger partial charge < -0.3 is 15.5 Å². The van der Waals surface area contributed by atoms with Crippen molar-refractivity contribution in [3.8, 4) is 0 Å². The van der Waals surface area contributed by atoms with Crippen molar-refractivity contribution in [2.45, 2.75) is 108 Å². The highest BCUT2D eigenvalue weighted by Crippen LogP contribution is 2.46. The third-order valence-corrected chi connectivity index (χ3v) is 10.4. The number of imide groups is 2. The van der Waals surface area contributed by atoms with Gasteiger partial charge in [0, 0.05) is 37.1 Å². The molecular weight excluding hydrogens is 614 g/mol. The van der Waals surface area contributed by atoms with Gasteiger partial charge in [0.25, 0.3) is 11.8 Å². The minimum atomic E-state index is -1.44. The van der Waals surface area contributed by atoms with E-state index in [4.69, 9.17) is 5.73 Å². The molecule has 252 valence electrons. The molecule has 2 atom stereocenters. The fraction of sp³-hybridized carbons (Fsp3) is 0.472. The topological polar surface area (TPSA) is 176 Å². The number of piperidine rings is 2. The predicted octanol–water partition coefficient (Wildman–Crippen LogP) is 2.73. The molecule has 0 aliphatic carbocycles. The third-order valence-electron chi connectivity index (χ3n) is 10.4. The van der Waals surface area contributed by atoms with Crippen LogP contribution in [0.25, 0.3) is 0 Å². The van der Waals surface area contributed by atoms with Gasteiger partial charge in [0.15, 0.2) is 0 Å². The summed E-state index contributed by atoms with van der Waals surface area (Å²) in [4.78, 5) is 94.0. The standard InChI is InChI=1S/C36H41N5O7/c1-2-3-4-5-6-7-18-36(35(37)48,25-12-8-10-21-23(25)19-40(33(21)46)27-14-16-29(42)38-31(27)44)26-13-9-11-22-24(26)20-41(34(22)47)28-15-17-30(43)39-32(28)45/h8-13,27-28H,2-7,14-20H2,1H3,(H2,37,48)(H,38,42,44)(H,39,43,45). The second kappa shape index (κ2) is 13.3. The molecule has 0 saturated carbocycles. The van der Waals surface area contributed by atoms with Gasteiger partial charge in [-0.2, -0.15) is 0 Å². The van der Waals surface area contributed by atoms with Crippen LogP contribution in [-0.2, 0) is 42.5 Å². The molecular formula is C36H41N5O7. The summed E-state index contributed by atoms with van der Waals surface area (Å²) in [5.74, 6) is -3.19. The Hall–Kier alpha value is -4.87. The van der Waals surface area contributed by atoms with E-state index < -0.39 is 35.2 Å². The van der Waals surface area contributed by atoms with Crippen molar-refractivity contribution in [3.05, 3.63) is 69.8 Å². The summed E-state index contributed by atoms with van der Waals surface area (Å²) in [7, 11) is 0. The van der Waals surface area contributed by atoms with E-state index >= 15 is 0 Å². The van der Waals surface area contributed by atoms with E-state index in [1.807, 2.05) is 0 Å². The van der Waals surface area contributed by atoms with Crippen molar-refractivity contribution in [1.82, 2.24) is 20.4 Å². The molecule has 4 heterocycles. The zero-order chi connectivity index (χ0) is 34.2. The van der Waals surface area contributed by atoms with Crippen LogP contribution >= 0.6 is 0 Å². The average molecular weight is 656 g/mol. The number of fused-ring (bicyclic) bond motifs is 2. The van der Waals surface area contributed by atoms with Crippen LogP contribution < -0.4 is 16.4 Å². The van der Waals surface area contributed by atoms with E-state index in [-0.39, 0.29) is 62.4 Å². The lowest BCUT2D eigenvalue weighted by Crippen LogP contribution is -2.52. The van der Waals surface area contributed by atoms with Gasteiger partial charge in [-0.05, 0) is 53.6 Å². The smallest absolute Gasteiger partial charge is 0.255 e. The highest BCUT2D eigenvalue weighted by molar-refractivity contribution is 6.07. The Morgan fingerprint density at radius 2 is 1.19 bits per heavy atom. The molecule has 2 saturated heterocycles. The maximum atomic E-state index is 14.1. The summed E-state index contributed by atoms with van der Waals surface area (Å²) in [6.07, 6.45) is 6.67. The van der Waals surface area contributed by atoms with Crippen LogP contribution in [0.15, 0.2) is 36.4 Å². The molecule has 4 aliphatic heterocycles. The average Bonchev–Trinajstić information content (AvgIpc) is 3.57. The van der Waals surface area contributed by atoms with Crippen molar-refractivity contribution >= 4 is 41.4 Å². The maximum absolute atomic E-state index is 14.1. The number of hydrogen-bond donors (Lipinski definition) is 3. The van der Waals surface area contributed by atoms with Crippen LogP contribution in [0.3, 0.4) is 0 Å². The zero-order valence-corrected chi connectivity index (χ0v) is 27.1. The molecule has 0 aromatic heterocycles. The number of amides is 7. The van der Waals surface area contributed by atoms with Crippen LogP contribution in [-0.4, -0.2) is 63.2 Å². The highest BCUT2D eigenvalue weighted by atomic mass is 16.2. The molecule has 0 radical (unpaired) electrons. The SMILES string of the molecule is CCCCCCCCC(C(N)=O)(c1cccc2c1CN(C1CCC(=O)NC1=O)C2=O)c1cccc2c1CN(C1CCC(=O)NC1=O)C2=O. The minimum absolute atomic E-state index is 0.0541. The zero-order valence-electron chi connectivity index (χ0n) is 27.1. The van der Waals surface area contributed by atoms with Crippen LogP contribution in [0.4, 0.5) is 0 Å². The van der Waals surface area contributed by atoms with E-state index in [9.17, 15) is 33.6 Å². The first-order valence-electron chi connectivity index (χ1n) is 16.9. The molecule has 0 bridgehead atoms. The Morgan fingerprint density at radius 3 is 1.62 bits per heavy atom. The number of nitrogens with one attached hydrogen (secondary N) is 2. The number of rotatable bonds is 12. The van der Waals surface area contributed by atoms with Gasteiger partial charge in [-0.15, -0.1) is 0 Å². The number of carbonyl (C=O) groups is 7. The third kappa shape index (κ3) is 5.67. The van der Waals surface area contributed by atoms with Crippen LogP contribution in [0, 0.1) is 0 Å². The molecule has 0 spiro atoms. The number of benzene rings is 2.